The molecule has 6 rings (SSSR count). The number of carbonyl (C=O) groups is 5. The van der Waals surface area contributed by atoms with Crippen LogP contribution in [0.4, 0.5) is 0 Å². The number of phenolic OH excluding ortho intramolecular Hbond substituents is 1. The highest BCUT2D eigenvalue weighted by Crippen LogP contribution is 2.65. The standard InChI is InChI=1S/C34H35NO12/c1-17(36)26(20-8-6-5-7-9-20)47-32(41)29(44-19(3)38)28(43-18(2)37)31(40)45-23-12-13-34(42)24-16-21-10-11-22(39)27-25(21)33(34,30(23)46-27)14-15-35(24)4/h5-12,24,26,28-30,39,42H,13-16H2,1-4H3/t24-,26-,28-,29-,30+,33+,34-/m1/s1. The molecule has 1 saturated heterocycles. The second-order valence-electron chi connectivity index (χ2n) is 12.4. The minimum Gasteiger partial charge on any atom is -0.504 e. The molecule has 2 N–H and O–H groups in total. The molecule has 1 fully saturated rings. The van der Waals surface area contributed by atoms with E-state index < -0.39 is 65.1 Å². The van der Waals surface area contributed by atoms with Crippen LogP contribution in [0, 0.1) is 0 Å². The number of hydrogen-bond donors (Lipinski definition) is 2. The van der Waals surface area contributed by atoms with Crippen LogP contribution in [-0.2, 0) is 54.8 Å². The average molecular weight is 650 g/mol. The summed E-state index contributed by atoms with van der Waals surface area (Å²) < 4.78 is 27.9. The molecule has 47 heavy (non-hydrogen) atoms. The lowest BCUT2D eigenvalue weighted by Crippen LogP contribution is -2.74. The summed E-state index contributed by atoms with van der Waals surface area (Å²) in [7, 11) is 1.93. The largest absolute Gasteiger partial charge is 0.504 e. The number of ketones is 1. The van der Waals surface area contributed by atoms with Crippen molar-refractivity contribution in [1.82, 2.24) is 4.90 Å². The van der Waals surface area contributed by atoms with Gasteiger partial charge in [0.1, 0.15) is 5.76 Å². The molecular formula is C34H35NO12. The lowest BCUT2D eigenvalue weighted by atomic mass is 9.50. The van der Waals surface area contributed by atoms with Crippen LogP contribution in [0.15, 0.2) is 54.3 Å². The van der Waals surface area contributed by atoms with E-state index in [1.807, 2.05) is 7.05 Å². The Morgan fingerprint density at radius 1 is 0.936 bits per heavy atom. The van der Waals surface area contributed by atoms with Gasteiger partial charge in [-0.25, -0.2) is 9.59 Å². The van der Waals surface area contributed by atoms with Crippen LogP contribution in [0.25, 0.3) is 0 Å². The molecule has 2 heterocycles. The third kappa shape index (κ3) is 5.13. The second kappa shape index (κ2) is 11.8. The molecular weight excluding hydrogens is 614 g/mol. The number of likely N-dealkylation sites (N-methyl/N-ethyl adjacent to an activating group) is 1. The molecule has 0 aromatic heterocycles. The van der Waals surface area contributed by atoms with Crippen LogP contribution >= 0.6 is 0 Å². The second-order valence-corrected chi connectivity index (χ2v) is 12.4. The predicted molar refractivity (Wildman–Crippen MR) is 160 cm³/mol. The summed E-state index contributed by atoms with van der Waals surface area (Å²) in [5.74, 6) is -5.17. The van der Waals surface area contributed by atoms with Crippen LogP contribution in [0.3, 0.4) is 0 Å². The molecule has 13 nitrogen and oxygen atoms in total. The first-order chi connectivity index (χ1) is 22.3. The van der Waals surface area contributed by atoms with Crippen molar-refractivity contribution in [3.63, 3.8) is 0 Å². The molecule has 2 aliphatic heterocycles. The first kappa shape index (κ1) is 32.2. The Hall–Kier alpha value is -4.75. The van der Waals surface area contributed by atoms with E-state index in [0.29, 0.717) is 30.5 Å². The lowest BCUT2D eigenvalue weighted by Gasteiger charge is -2.61. The molecule has 2 aliphatic carbocycles. The molecule has 0 radical (unpaired) electrons. The van der Waals surface area contributed by atoms with Crippen LogP contribution in [0.1, 0.15) is 56.4 Å². The molecule has 2 aromatic carbocycles. The number of esters is 4. The number of hydrogen-bond acceptors (Lipinski definition) is 13. The van der Waals surface area contributed by atoms with Crippen molar-refractivity contribution >= 4 is 29.7 Å². The highest BCUT2D eigenvalue weighted by Gasteiger charge is 2.72. The van der Waals surface area contributed by atoms with Crippen molar-refractivity contribution in [3.8, 4) is 11.5 Å². The molecule has 1 spiro atoms. The highest BCUT2D eigenvalue weighted by molar-refractivity contribution is 5.91. The zero-order valence-corrected chi connectivity index (χ0v) is 26.3. The molecule has 2 aromatic rings. The number of piperidine rings is 1. The number of rotatable bonds is 9. The number of aliphatic hydroxyl groups is 1. The van der Waals surface area contributed by atoms with Crippen molar-refractivity contribution in [2.45, 2.75) is 81.5 Å². The molecule has 13 heteroatoms. The van der Waals surface area contributed by atoms with Gasteiger partial charge in [0.15, 0.2) is 29.5 Å². The van der Waals surface area contributed by atoms with Crippen LogP contribution in [0.2, 0.25) is 0 Å². The van der Waals surface area contributed by atoms with Gasteiger partial charge in [0.2, 0.25) is 12.2 Å². The summed E-state index contributed by atoms with van der Waals surface area (Å²) in [6.45, 7) is 3.74. The number of ether oxygens (including phenoxy) is 5. The predicted octanol–water partition coefficient (Wildman–Crippen LogP) is 1.95. The van der Waals surface area contributed by atoms with E-state index in [9.17, 15) is 34.2 Å². The summed E-state index contributed by atoms with van der Waals surface area (Å²) >= 11 is 0. The third-order valence-electron chi connectivity index (χ3n) is 9.60. The Morgan fingerprint density at radius 2 is 1.60 bits per heavy atom. The summed E-state index contributed by atoms with van der Waals surface area (Å²) in [5.41, 5.74) is -0.560. The fourth-order valence-electron chi connectivity index (χ4n) is 7.63. The van der Waals surface area contributed by atoms with Gasteiger partial charge in [0, 0.05) is 31.9 Å². The molecule has 4 aliphatic rings. The number of nitrogens with zero attached hydrogens (tertiary/aromatic N) is 1. The Kier molecular flexibility index (Phi) is 8.09. The van der Waals surface area contributed by atoms with Gasteiger partial charge in [-0.05, 0) is 56.6 Å². The van der Waals surface area contributed by atoms with E-state index in [2.05, 4.69) is 4.90 Å². The van der Waals surface area contributed by atoms with E-state index in [1.54, 1.807) is 36.4 Å². The minimum absolute atomic E-state index is 0.0376. The Labute approximate surface area is 270 Å². The van der Waals surface area contributed by atoms with Gasteiger partial charge in [0.05, 0.1) is 11.0 Å². The summed E-state index contributed by atoms with van der Waals surface area (Å²) in [5, 5.41) is 23.1. The number of phenols is 1. The van der Waals surface area contributed by atoms with Gasteiger partial charge >= 0.3 is 23.9 Å². The van der Waals surface area contributed by atoms with Crippen LogP contribution in [0.5, 0.6) is 11.5 Å². The van der Waals surface area contributed by atoms with Crippen molar-refractivity contribution in [2.24, 2.45) is 0 Å². The van der Waals surface area contributed by atoms with Gasteiger partial charge in [-0.2, -0.15) is 0 Å². The maximum absolute atomic E-state index is 13.9. The van der Waals surface area contributed by atoms with Gasteiger partial charge < -0.3 is 38.8 Å². The maximum Gasteiger partial charge on any atom is 0.357 e. The SMILES string of the molecule is CC(=O)O[C@@H](C(=O)OC1=CC[C@@]2(O)[C@H]3Cc4ccc(O)c5c4[C@@]2(CCN3C)[C@H]1O5)[C@@H](OC(C)=O)C(=O)O[C@H](C(C)=O)c1ccccc1. The van der Waals surface area contributed by atoms with Crippen LogP contribution < -0.4 is 4.74 Å². The smallest absolute Gasteiger partial charge is 0.357 e. The molecule has 0 unspecified atom stereocenters. The highest BCUT2D eigenvalue weighted by atomic mass is 16.6. The van der Waals surface area contributed by atoms with E-state index in [-0.39, 0.29) is 29.7 Å². The Bertz CT molecular complexity index is 1690. The average Bonchev–Trinajstić information content (AvgIpc) is 3.38. The van der Waals surface area contributed by atoms with Gasteiger partial charge in [0.25, 0.3) is 0 Å². The molecule has 7 atom stereocenters. The third-order valence-corrected chi connectivity index (χ3v) is 9.60. The van der Waals surface area contributed by atoms with Crippen LogP contribution in [-0.4, -0.2) is 88.3 Å². The van der Waals surface area contributed by atoms with Gasteiger partial charge in [-0.3, -0.25) is 14.4 Å². The first-order valence-electron chi connectivity index (χ1n) is 15.2. The zero-order valence-electron chi connectivity index (χ0n) is 26.3. The topological polar surface area (TPSA) is 175 Å². The summed E-state index contributed by atoms with van der Waals surface area (Å²) in [4.78, 5) is 66.3. The van der Waals surface area contributed by atoms with Gasteiger partial charge in [-0.1, -0.05) is 36.4 Å². The zero-order chi connectivity index (χ0) is 33.8. The number of likely N-dealkylation sites (tertiary alicyclic amines) is 1. The Balaban J connectivity index is 1.34. The monoisotopic (exact) mass is 649 g/mol. The number of aromatic hydroxyl groups is 1. The normalized spacial score (nSPS) is 27.1. The van der Waals surface area contributed by atoms with Gasteiger partial charge in [-0.15, -0.1) is 0 Å². The van der Waals surface area contributed by atoms with E-state index in [0.717, 1.165) is 19.4 Å². The quantitative estimate of drug-likeness (QED) is 0.298. The molecule has 0 saturated carbocycles. The number of Topliss-reactive ketones (excluding diaryl/α,β-unsaturated/α-hetero) is 1. The Morgan fingerprint density at radius 3 is 2.23 bits per heavy atom. The minimum atomic E-state index is -2.14. The molecule has 0 amide bonds. The van der Waals surface area contributed by atoms with E-state index in [4.69, 9.17) is 23.7 Å². The molecule has 2 bridgehead atoms. The maximum atomic E-state index is 13.9. The lowest BCUT2D eigenvalue weighted by molar-refractivity contribution is -0.194. The van der Waals surface area contributed by atoms with E-state index >= 15 is 0 Å². The van der Waals surface area contributed by atoms with Crippen molar-refractivity contribution < 1.29 is 57.9 Å². The number of benzene rings is 2. The summed E-state index contributed by atoms with van der Waals surface area (Å²) in [6.07, 6.45) is -4.28. The number of carbonyl (C=O) groups excluding carboxylic acids is 5. The van der Waals surface area contributed by atoms with E-state index in [1.165, 1.54) is 19.1 Å². The van der Waals surface area contributed by atoms with Crippen molar-refractivity contribution in [3.05, 3.63) is 71.0 Å². The van der Waals surface area contributed by atoms with Crippen molar-refractivity contribution in [1.29, 1.82) is 0 Å². The molecule has 248 valence electrons. The fraction of sp³-hybridized carbons (Fsp3) is 0.441. The summed E-state index contributed by atoms with van der Waals surface area (Å²) in [6, 6.07) is 11.1. The first-order valence-corrected chi connectivity index (χ1v) is 15.2. The van der Waals surface area contributed by atoms with Crippen molar-refractivity contribution in [2.75, 3.05) is 13.6 Å². The fourth-order valence-corrected chi connectivity index (χ4v) is 7.63.